The summed E-state index contributed by atoms with van der Waals surface area (Å²) >= 11 is 4.90. The van der Waals surface area contributed by atoms with Crippen LogP contribution in [0.5, 0.6) is 0 Å². The first kappa shape index (κ1) is 8.12. The van der Waals surface area contributed by atoms with Gasteiger partial charge in [0.25, 0.3) is 0 Å². The van der Waals surface area contributed by atoms with Crippen molar-refractivity contribution in [1.82, 2.24) is 15.0 Å². The molecule has 0 unspecified atom stereocenters. The summed E-state index contributed by atoms with van der Waals surface area (Å²) in [5.74, 6) is 0.811. The topological polar surface area (TPSA) is 67.6 Å². The number of fused-ring (bicyclic) bond motifs is 1. The summed E-state index contributed by atoms with van der Waals surface area (Å²) in [5, 5.41) is 0. The number of hydrogen-bond donors (Lipinski definition) is 2. The Balaban J connectivity index is 2.82. The van der Waals surface area contributed by atoms with E-state index in [1.54, 1.807) is 12.3 Å². The van der Waals surface area contributed by atoms with Gasteiger partial charge in [-0.25, -0.2) is 9.97 Å². The monoisotopic (exact) mass is 192 g/mol. The summed E-state index contributed by atoms with van der Waals surface area (Å²) in [6, 6.07) is 1.78. The fraction of sp³-hybridized carbons (Fsp3) is 0.125. The highest BCUT2D eigenvalue weighted by Crippen LogP contribution is 2.13. The van der Waals surface area contributed by atoms with Crippen molar-refractivity contribution in [2.75, 3.05) is 0 Å². The minimum absolute atomic E-state index is 0.357. The summed E-state index contributed by atoms with van der Waals surface area (Å²) in [7, 11) is 0. The zero-order valence-electron chi connectivity index (χ0n) is 7.03. The highest BCUT2D eigenvalue weighted by molar-refractivity contribution is 7.80. The molecule has 5 heteroatoms. The molecule has 0 radical (unpaired) electrons. The second kappa shape index (κ2) is 2.77. The molecule has 66 valence electrons. The van der Waals surface area contributed by atoms with Gasteiger partial charge in [-0.05, 0) is 13.0 Å². The Kier molecular flexibility index (Phi) is 1.73. The molecular weight excluding hydrogens is 184 g/mol. The Morgan fingerprint density at radius 3 is 3.08 bits per heavy atom. The minimum atomic E-state index is 0.357. The van der Waals surface area contributed by atoms with E-state index >= 15 is 0 Å². The summed E-state index contributed by atoms with van der Waals surface area (Å²) in [4.78, 5) is 11.7. The predicted molar refractivity (Wildman–Crippen MR) is 54.5 cm³/mol. The number of nitrogens with two attached hydrogens (primary N) is 1. The van der Waals surface area contributed by atoms with E-state index in [4.69, 9.17) is 18.0 Å². The fourth-order valence-corrected chi connectivity index (χ4v) is 1.40. The molecule has 2 aromatic heterocycles. The van der Waals surface area contributed by atoms with E-state index in [2.05, 4.69) is 15.0 Å². The second-order valence-corrected chi connectivity index (χ2v) is 3.18. The summed E-state index contributed by atoms with van der Waals surface area (Å²) < 4.78 is 0. The first-order valence-corrected chi connectivity index (χ1v) is 4.20. The number of imidazole rings is 1. The third-order valence-electron chi connectivity index (χ3n) is 1.78. The molecule has 0 aliphatic carbocycles. The van der Waals surface area contributed by atoms with Crippen LogP contribution in [0.3, 0.4) is 0 Å². The largest absolute Gasteiger partial charge is 0.389 e. The van der Waals surface area contributed by atoms with Crippen LogP contribution in [0.25, 0.3) is 11.2 Å². The van der Waals surface area contributed by atoms with E-state index < -0.39 is 0 Å². The van der Waals surface area contributed by atoms with Gasteiger partial charge in [-0.3, -0.25) is 0 Å². The number of nitrogens with zero attached hydrogens (tertiary/aromatic N) is 2. The van der Waals surface area contributed by atoms with Gasteiger partial charge in [-0.15, -0.1) is 0 Å². The molecule has 0 aliphatic heterocycles. The van der Waals surface area contributed by atoms with E-state index in [9.17, 15) is 0 Å². The van der Waals surface area contributed by atoms with Crippen LogP contribution in [0, 0.1) is 6.92 Å². The van der Waals surface area contributed by atoms with Crippen LogP contribution < -0.4 is 5.73 Å². The number of aromatic nitrogens is 3. The first-order valence-electron chi connectivity index (χ1n) is 3.79. The molecule has 0 aliphatic rings. The molecule has 2 heterocycles. The zero-order valence-corrected chi connectivity index (χ0v) is 7.85. The maximum atomic E-state index is 5.54. The normalized spacial score (nSPS) is 10.5. The third kappa shape index (κ3) is 1.27. The molecule has 0 fully saturated rings. The van der Waals surface area contributed by atoms with Gasteiger partial charge in [0.05, 0.1) is 5.52 Å². The second-order valence-electron chi connectivity index (χ2n) is 2.74. The van der Waals surface area contributed by atoms with Crippen LogP contribution in [0.15, 0.2) is 12.3 Å². The number of pyridine rings is 1. The average molecular weight is 192 g/mol. The van der Waals surface area contributed by atoms with Gasteiger partial charge in [0.1, 0.15) is 10.8 Å². The molecule has 0 saturated carbocycles. The third-order valence-corrected chi connectivity index (χ3v) is 2.00. The summed E-state index contributed by atoms with van der Waals surface area (Å²) in [6.07, 6.45) is 1.65. The lowest BCUT2D eigenvalue weighted by molar-refractivity contribution is 1.16. The lowest BCUT2D eigenvalue weighted by atomic mass is 10.2. The van der Waals surface area contributed by atoms with E-state index in [0.29, 0.717) is 10.6 Å². The van der Waals surface area contributed by atoms with Gasteiger partial charge in [-0.1, -0.05) is 12.2 Å². The standard InChI is InChI=1S/C8H8N4S/c1-4-11-6-5(7(9)13)2-3-10-8(6)12-4/h2-3H,1H3,(H2,9,13)(H,10,11,12). The Labute approximate surface area is 80.2 Å². The van der Waals surface area contributed by atoms with Crippen LogP contribution in [-0.4, -0.2) is 19.9 Å². The Morgan fingerprint density at radius 1 is 1.62 bits per heavy atom. The number of nitrogens with one attached hydrogen (secondary N) is 1. The SMILES string of the molecule is Cc1nc2nccc(C(N)=S)c2[nH]1. The molecule has 0 spiro atoms. The van der Waals surface area contributed by atoms with Crippen LogP contribution in [0.2, 0.25) is 0 Å². The smallest absolute Gasteiger partial charge is 0.178 e. The van der Waals surface area contributed by atoms with E-state index in [0.717, 1.165) is 16.9 Å². The van der Waals surface area contributed by atoms with Gasteiger partial charge in [0.2, 0.25) is 0 Å². The van der Waals surface area contributed by atoms with E-state index in [-0.39, 0.29) is 0 Å². The maximum absolute atomic E-state index is 5.54. The number of hydrogen-bond acceptors (Lipinski definition) is 3. The summed E-state index contributed by atoms with van der Waals surface area (Å²) in [5.41, 5.74) is 7.81. The van der Waals surface area contributed by atoms with Crippen molar-refractivity contribution >= 4 is 28.4 Å². The predicted octanol–water partition coefficient (Wildman–Crippen LogP) is 0.901. The van der Waals surface area contributed by atoms with Crippen LogP contribution in [0.4, 0.5) is 0 Å². The van der Waals surface area contributed by atoms with Crippen LogP contribution >= 0.6 is 12.2 Å². The van der Waals surface area contributed by atoms with Crippen LogP contribution in [0.1, 0.15) is 11.4 Å². The first-order chi connectivity index (χ1) is 6.18. The van der Waals surface area contributed by atoms with Crippen molar-refractivity contribution in [3.8, 4) is 0 Å². The van der Waals surface area contributed by atoms with Crippen molar-refractivity contribution in [1.29, 1.82) is 0 Å². The van der Waals surface area contributed by atoms with Crippen molar-refractivity contribution in [2.45, 2.75) is 6.92 Å². The molecule has 0 saturated heterocycles. The Hall–Kier alpha value is -1.49. The average Bonchev–Trinajstić information content (AvgIpc) is 2.43. The van der Waals surface area contributed by atoms with E-state index in [1.165, 1.54) is 0 Å². The fourth-order valence-electron chi connectivity index (χ4n) is 1.23. The molecule has 13 heavy (non-hydrogen) atoms. The van der Waals surface area contributed by atoms with Gasteiger partial charge in [-0.2, -0.15) is 0 Å². The van der Waals surface area contributed by atoms with Crippen molar-refractivity contribution in [3.05, 3.63) is 23.7 Å². The number of aryl methyl sites for hydroxylation is 1. The molecule has 4 nitrogen and oxygen atoms in total. The van der Waals surface area contributed by atoms with Gasteiger partial charge < -0.3 is 10.7 Å². The van der Waals surface area contributed by atoms with Crippen molar-refractivity contribution < 1.29 is 0 Å². The van der Waals surface area contributed by atoms with Gasteiger partial charge in [0, 0.05) is 11.8 Å². The quantitative estimate of drug-likeness (QED) is 0.659. The number of H-pyrrole nitrogens is 1. The van der Waals surface area contributed by atoms with Gasteiger partial charge in [0.15, 0.2) is 5.65 Å². The highest BCUT2D eigenvalue weighted by atomic mass is 32.1. The molecule has 0 amide bonds. The van der Waals surface area contributed by atoms with Crippen molar-refractivity contribution in [2.24, 2.45) is 5.73 Å². The lowest BCUT2D eigenvalue weighted by Gasteiger charge is -1.97. The Bertz CT molecular complexity index is 474. The van der Waals surface area contributed by atoms with Crippen molar-refractivity contribution in [3.63, 3.8) is 0 Å². The Morgan fingerprint density at radius 2 is 2.38 bits per heavy atom. The summed E-state index contributed by atoms with van der Waals surface area (Å²) in [6.45, 7) is 1.87. The molecule has 2 rings (SSSR count). The highest BCUT2D eigenvalue weighted by Gasteiger charge is 2.07. The maximum Gasteiger partial charge on any atom is 0.178 e. The molecule has 3 N–H and O–H groups in total. The minimum Gasteiger partial charge on any atom is -0.389 e. The molecular formula is C8H8N4S. The molecule has 0 bridgehead atoms. The van der Waals surface area contributed by atoms with Crippen LogP contribution in [-0.2, 0) is 0 Å². The van der Waals surface area contributed by atoms with E-state index in [1.807, 2.05) is 6.92 Å². The number of aromatic amines is 1. The molecule has 2 aromatic rings. The molecule has 0 atom stereocenters. The number of rotatable bonds is 1. The zero-order chi connectivity index (χ0) is 9.42. The lowest BCUT2D eigenvalue weighted by Crippen LogP contribution is -2.10. The van der Waals surface area contributed by atoms with Gasteiger partial charge >= 0.3 is 0 Å². The molecule has 0 aromatic carbocycles. The number of thiocarbonyl (C=S) groups is 1.